The van der Waals surface area contributed by atoms with Gasteiger partial charge in [-0.15, -0.1) is 0 Å². The summed E-state index contributed by atoms with van der Waals surface area (Å²) in [5.74, 6) is 0.339. The summed E-state index contributed by atoms with van der Waals surface area (Å²) in [6.07, 6.45) is 7.85. The van der Waals surface area contributed by atoms with Crippen molar-refractivity contribution in [1.82, 2.24) is 0 Å². The summed E-state index contributed by atoms with van der Waals surface area (Å²) < 4.78 is 0. The van der Waals surface area contributed by atoms with Crippen molar-refractivity contribution in [2.45, 2.75) is 20.8 Å². The van der Waals surface area contributed by atoms with E-state index in [1.807, 2.05) is 51.1 Å². The number of phenolic OH excluding ortho intramolecular Hbond substituents is 1. The summed E-state index contributed by atoms with van der Waals surface area (Å²) in [5, 5.41) is 13.0. The van der Waals surface area contributed by atoms with E-state index in [1.165, 1.54) is 0 Å². The van der Waals surface area contributed by atoms with Gasteiger partial charge < -0.3 is 10.4 Å². The maximum absolute atomic E-state index is 9.60. The van der Waals surface area contributed by atoms with Crippen molar-refractivity contribution in [3.63, 3.8) is 0 Å². The van der Waals surface area contributed by atoms with Gasteiger partial charge in [-0.3, -0.25) is 0 Å². The number of anilines is 1. The molecule has 96 valence electrons. The van der Waals surface area contributed by atoms with Crippen LogP contribution in [-0.4, -0.2) is 11.7 Å². The molecule has 2 heteroatoms. The van der Waals surface area contributed by atoms with E-state index < -0.39 is 0 Å². The molecule has 0 aliphatic carbocycles. The van der Waals surface area contributed by atoms with E-state index in [9.17, 15) is 5.11 Å². The van der Waals surface area contributed by atoms with Crippen molar-refractivity contribution in [3.8, 4) is 5.75 Å². The van der Waals surface area contributed by atoms with Gasteiger partial charge in [-0.2, -0.15) is 0 Å². The molecule has 0 spiro atoms. The third kappa shape index (κ3) is 3.52. The van der Waals surface area contributed by atoms with Crippen LogP contribution in [0.4, 0.5) is 5.69 Å². The van der Waals surface area contributed by atoms with Crippen LogP contribution in [0.15, 0.2) is 48.6 Å². The number of benzene rings is 1. The highest BCUT2D eigenvalue weighted by Gasteiger charge is 2.04. The highest BCUT2D eigenvalue weighted by atomic mass is 16.3. The second kappa shape index (κ2) is 6.70. The van der Waals surface area contributed by atoms with Crippen LogP contribution in [0.2, 0.25) is 0 Å². The van der Waals surface area contributed by atoms with Crippen LogP contribution in [0.3, 0.4) is 0 Å². The lowest BCUT2D eigenvalue weighted by Gasteiger charge is -2.13. The molecule has 1 rings (SSSR count). The maximum atomic E-state index is 9.60. The van der Waals surface area contributed by atoms with Crippen LogP contribution in [-0.2, 0) is 0 Å². The average molecular weight is 243 g/mol. The Balaban J connectivity index is 2.80. The fourth-order valence-corrected chi connectivity index (χ4v) is 1.61. The first-order valence-corrected chi connectivity index (χ1v) is 6.07. The van der Waals surface area contributed by atoms with Gasteiger partial charge in [0, 0.05) is 12.2 Å². The van der Waals surface area contributed by atoms with Crippen molar-refractivity contribution < 1.29 is 5.11 Å². The zero-order valence-electron chi connectivity index (χ0n) is 11.3. The summed E-state index contributed by atoms with van der Waals surface area (Å²) in [6.45, 7) is 10.4. The molecule has 0 aliphatic rings. The molecule has 0 aromatic heterocycles. The number of aromatic hydroxyl groups is 1. The first-order chi connectivity index (χ1) is 8.60. The first kappa shape index (κ1) is 14.1. The Hall–Kier alpha value is -1.96. The Morgan fingerprint density at radius 3 is 2.67 bits per heavy atom. The van der Waals surface area contributed by atoms with E-state index in [1.54, 1.807) is 6.07 Å². The summed E-state index contributed by atoms with van der Waals surface area (Å²) in [6, 6.07) is 3.61. The van der Waals surface area contributed by atoms with Gasteiger partial charge in [0.05, 0.1) is 0 Å². The molecular formula is C16H21NO. The van der Waals surface area contributed by atoms with Gasteiger partial charge in [0.25, 0.3) is 0 Å². The maximum Gasteiger partial charge on any atom is 0.118 e. The van der Waals surface area contributed by atoms with Crippen molar-refractivity contribution in [1.29, 1.82) is 0 Å². The molecule has 0 fully saturated rings. The van der Waals surface area contributed by atoms with Crippen LogP contribution in [0.5, 0.6) is 5.75 Å². The van der Waals surface area contributed by atoms with E-state index in [0.717, 1.165) is 28.9 Å². The summed E-state index contributed by atoms with van der Waals surface area (Å²) >= 11 is 0. The van der Waals surface area contributed by atoms with Crippen LogP contribution >= 0.6 is 0 Å². The molecule has 1 aromatic rings. The molecule has 2 nitrogen and oxygen atoms in total. The Morgan fingerprint density at radius 1 is 1.33 bits per heavy atom. The first-order valence-electron chi connectivity index (χ1n) is 6.07. The quantitative estimate of drug-likeness (QED) is 0.602. The molecule has 0 radical (unpaired) electrons. The second-order valence-electron chi connectivity index (χ2n) is 4.21. The molecule has 2 N–H and O–H groups in total. The van der Waals surface area contributed by atoms with Crippen LogP contribution in [0.25, 0.3) is 0 Å². The van der Waals surface area contributed by atoms with Crippen LogP contribution in [0, 0.1) is 13.8 Å². The van der Waals surface area contributed by atoms with Crippen molar-refractivity contribution in [2.75, 3.05) is 11.9 Å². The average Bonchev–Trinajstić information content (AvgIpc) is 2.38. The molecule has 0 amide bonds. The summed E-state index contributed by atoms with van der Waals surface area (Å²) in [7, 11) is 0. The smallest absolute Gasteiger partial charge is 0.118 e. The lowest BCUT2D eigenvalue weighted by Crippen LogP contribution is -2.05. The fraction of sp³-hybridized carbons (Fsp3) is 0.250. The van der Waals surface area contributed by atoms with Crippen molar-refractivity contribution in [3.05, 3.63) is 59.7 Å². The minimum absolute atomic E-state index is 0.339. The number of hydrogen-bond acceptors (Lipinski definition) is 2. The monoisotopic (exact) mass is 243 g/mol. The van der Waals surface area contributed by atoms with Gasteiger partial charge in [0.15, 0.2) is 0 Å². The Bertz CT molecular complexity index is 484. The molecule has 0 aliphatic heterocycles. The zero-order chi connectivity index (χ0) is 13.5. The largest absolute Gasteiger partial charge is 0.508 e. The molecule has 0 unspecified atom stereocenters. The van der Waals surface area contributed by atoms with Crippen molar-refractivity contribution in [2.24, 2.45) is 0 Å². The predicted molar refractivity (Wildman–Crippen MR) is 79.2 cm³/mol. The number of nitrogens with one attached hydrogen (secondary N) is 1. The number of hydrogen-bond donors (Lipinski definition) is 2. The van der Waals surface area contributed by atoms with E-state index in [-0.39, 0.29) is 0 Å². The minimum atomic E-state index is 0.339. The summed E-state index contributed by atoms with van der Waals surface area (Å²) in [5.41, 5.74) is 4.15. The lowest BCUT2D eigenvalue weighted by molar-refractivity contribution is 0.470. The molecule has 1 aromatic carbocycles. The molecule has 0 saturated carbocycles. The Morgan fingerprint density at radius 2 is 2.06 bits per heavy atom. The topological polar surface area (TPSA) is 32.3 Å². The highest BCUT2D eigenvalue weighted by Crippen LogP contribution is 2.26. The minimum Gasteiger partial charge on any atom is -0.508 e. The third-order valence-corrected chi connectivity index (χ3v) is 3.01. The van der Waals surface area contributed by atoms with Gasteiger partial charge in [-0.05, 0) is 49.6 Å². The third-order valence-electron chi connectivity index (χ3n) is 3.01. The van der Waals surface area contributed by atoms with Crippen LogP contribution in [0.1, 0.15) is 18.1 Å². The second-order valence-corrected chi connectivity index (χ2v) is 4.21. The molecular weight excluding hydrogens is 222 g/mol. The van der Waals surface area contributed by atoms with E-state index in [4.69, 9.17) is 0 Å². The van der Waals surface area contributed by atoms with Gasteiger partial charge in [-0.25, -0.2) is 0 Å². The van der Waals surface area contributed by atoms with Gasteiger partial charge in [-0.1, -0.05) is 30.9 Å². The van der Waals surface area contributed by atoms with Gasteiger partial charge >= 0.3 is 0 Å². The van der Waals surface area contributed by atoms with E-state index in [0.29, 0.717) is 5.75 Å². The number of allylic oxidation sites excluding steroid dienone is 3. The molecule has 18 heavy (non-hydrogen) atoms. The SMILES string of the molecule is C=C/C(=C\C=C/C)CNc1ccc(O)c(C)c1C. The fourth-order valence-electron chi connectivity index (χ4n) is 1.61. The van der Waals surface area contributed by atoms with Crippen LogP contribution < -0.4 is 5.32 Å². The Kier molecular flexibility index (Phi) is 5.25. The Labute approximate surface area is 109 Å². The highest BCUT2D eigenvalue weighted by molar-refractivity contribution is 5.58. The number of phenols is 1. The normalized spacial score (nSPS) is 11.8. The molecule has 0 heterocycles. The summed E-state index contributed by atoms with van der Waals surface area (Å²) in [4.78, 5) is 0. The zero-order valence-corrected chi connectivity index (χ0v) is 11.3. The van der Waals surface area contributed by atoms with Crippen molar-refractivity contribution >= 4 is 5.69 Å². The standard InChI is InChI=1S/C16H21NO/c1-5-7-8-14(6-2)11-17-15-9-10-16(18)13(4)12(15)3/h5-10,17-18H,2,11H2,1,3-4H3/b7-5-,14-8+. The van der Waals surface area contributed by atoms with Gasteiger partial charge in [0.2, 0.25) is 0 Å². The molecule has 0 saturated heterocycles. The lowest BCUT2D eigenvalue weighted by atomic mass is 10.1. The predicted octanol–water partition coefficient (Wildman–Crippen LogP) is 4.11. The number of rotatable bonds is 5. The molecule has 0 bridgehead atoms. The van der Waals surface area contributed by atoms with Gasteiger partial charge in [0.1, 0.15) is 5.75 Å². The molecule has 0 atom stereocenters. The van der Waals surface area contributed by atoms with E-state index in [2.05, 4.69) is 11.9 Å². The van der Waals surface area contributed by atoms with E-state index >= 15 is 0 Å².